The van der Waals surface area contributed by atoms with Crippen molar-refractivity contribution in [3.05, 3.63) is 35.9 Å². The molecule has 0 heterocycles. The number of rotatable bonds is 3. The van der Waals surface area contributed by atoms with Gasteiger partial charge in [0, 0.05) is 0 Å². The van der Waals surface area contributed by atoms with Crippen LogP contribution in [-0.4, -0.2) is 22.2 Å². The Balaban J connectivity index is 3.27. The third kappa shape index (κ3) is 1.58. The Kier molecular flexibility index (Phi) is 2.81. The highest BCUT2D eigenvalue weighted by Crippen LogP contribution is 2.29. The highest BCUT2D eigenvalue weighted by atomic mass is 32.1. The standard InChI is InChI=1S/C9H8O4S/c10-7(11)9(14,8(12)13)6-4-2-1-3-5-6/h1-5,14H,(H,10,11)(H,12,13). The summed E-state index contributed by atoms with van der Waals surface area (Å²) in [5.74, 6) is -3.00. The lowest BCUT2D eigenvalue weighted by Crippen LogP contribution is -2.38. The lowest BCUT2D eigenvalue weighted by molar-refractivity contribution is -0.152. The van der Waals surface area contributed by atoms with Gasteiger partial charge in [-0.1, -0.05) is 30.3 Å². The molecule has 1 aromatic rings. The first-order chi connectivity index (χ1) is 6.49. The average molecular weight is 212 g/mol. The first kappa shape index (κ1) is 10.6. The Morgan fingerprint density at radius 3 is 1.86 bits per heavy atom. The van der Waals surface area contributed by atoms with E-state index in [2.05, 4.69) is 12.6 Å². The van der Waals surface area contributed by atoms with Crippen LogP contribution in [0.1, 0.15) is 5.56 Å². The summed E-state index contributed by atoms with van der Waals surface area (Å²) in [6.45, 7) is 0. The van der Waals surface area contributed by atoms with E-state index in [1.54, 1.807) is 18.2 Å². The van der Waals surface area contributed by atoms with Crippen molar-refractivity contribution in [1.82, 2.24) is 0 Å². The molecule has 0 unspecified atom stereocenters. The number of hydrogen-bond acceptors (Lipinski definition) is 3. The second-order valence-corrected chi connectivity index (χ2v) is 3.36. The second-order valence-electron chi connectivity index (χ2n) is 2.69. The zero-order chi connectivity index (χ0) is 10.8. The van der Waals surface area contributed by atoms with E-state index >= 15 is 0 Å². The van der Waals surface area contributed by atoms with Crippen molar-refractivity contribution in [2.45, 2.75) is 4.75 Å². The minimum Gasteiger partial charge on any atom is -0.480 e. The fourth-order valence-electron chi connectivity index (χ4n) is 1.02. The molecule has 4 nitrogen and oxygen atoms in total. The topological polar surface area (TPSA) is 74.6 Å². The van der Waals surface area contributed by atoms with Crippen molar-refractivity contribution in [3.63, 3.8) is 0 Å². The minimum absolute atomic E-state index is 0.128. The third-order valence-corrected chi connectivity index (χ3v) is 2.45. The number of hydrogen-bond donors (Lipinski definition) is 3. The van der Waals surface area contributed by atoms with Crippen molar-refractivity contribution in [3.8, 4) is 0 Å². The highest BCUT2D eigenvalue weighted by molar-refractivity contribution is 7.83. The normalized spacial score (nSPS) is 10.9. The molecule has 0 saturated carbocycles. The molecule has 2 N–H and O–H groups in total. The summed E-state index contributed by atoms with van der Waals surface area (Å²) in [5.41, 5.74) is 0.128. The monoisotopic (exact) mass is 212 g/mol. The predicted octanol–water partition coefficient (Wildman–Crippen LogP) is 0.981. The summed E-state index contributed by atoms with van der Waals surface area (Å²) in [4.78, 5) is 21.6. The number of benzene rings is 1. The van der Waals surface area contributed by atoms with Crippen LogP contribution >= 0.6 is 12.6 Å². The highest BCUT2D eigenvalue weighted by Gasteiger charge is 2.44. The molecule has 0 aromatic heterocycles. The van der Waals surface area contributed by atoms with Gasteiger partial charge in [0.25, 0.3) is 0 Å². The van der Waals surface area contributed by atoms with Crippen molar-refractivity contribution in [1.29, 1.82) is 0 Å². The van der Waals surface area contributed by atoms with Crippen molar-refractivity contribution < 1.29 is 19.8 Å². The van der Waals surface area contributed by atoms with E-state index in [0.29, 0.717) is 0 Å². The van der Waals surface area contributed by atoms with Gasteiger partial charge in [0.15, 0.2) is 0 Å². The van der Waals surface area contributed by atoms with E-state index in [0.717, 1.165) is 0 Å². The van der Waals surface area contributed by atoms with Gasteiger partial charge < -0.3 is 10.2 Å². The SMILES string of the molecule is O=C(O)C(S)(C(=O)O)c1ccccc1. The second kappa shape index (κ2) is 3.71. The molecule has 0 radical (unpaired) electrons. The molecular formula is C9H8O4S. The van der Waals surface area contributed by atoms with Crippen LogP contribution in [0.25, 0.3) is 0 Å². The molecule has 0 spiro atoms. The van der Waals surface area contributed by atoms with Crippen molar-refractivity contribution in [2.75, 3.05) is 0 Å². The van der Waals surface area contributed by atoms with Gasteiger partial charge in [0.2, 0.25) is 4.75 Å². The molecule has 74 valence electrons. The molecule has 1 aromatic carbocycles. The maximum Gasteiger partial charge on any atom is 0.335 e. The molecule has 0 bridgehead atoms. The lowest BCUT2D eigenvalue weighted by Gasteiger charge is -2.18. The van der Waals surface area contributed by atoms with E-state index in [1.807, 2.05) is 0 Å². The summed E-state index contributed by atoms with van der Waals surface area (Å²) in [6, 6.07) is 7.62. The number of carboxylic acids is 2. The van der Waals surface area contributed by atoms with Gasteiger partial charge in [0.1, 0.15) is 0 Å². The Morgan fingerprint density at radius 2 is 1.50 bits per heavy atom. The zero-order valence-corrected chi connectivity index (χ0v) is 7.94. The average Bonchev–Trinajstić information content (AvgIpc) is 2.17. The molecule has 0 aliphatic heterocycles. The van der Waals surface area contributed by atoms with Crippen LogP contribution in [0.3, 0.4) is 0 Å². The summed E-state index contributed by atoms with van der Waals surface area (Å²) < 4.78 is -2.18. The molecule has 0 saturated heterocycles. The molecule has 1 rings (SSSR count). The Morgan fingerprint density at radius 1 is 1.07 bits per heavy atom. The Bertz CT molecular complexity index is 346. The summed E-state index contributed by atoms with van der Waals surface area (Å²) in [6.07, 6.45) is 0. The van der Waals surface area contributed by atoms with E-state index in [9.17, 15) is 9.59 Å². The largest absolute Gasteiger partial charge is 0.480 e. The van der Waals surface area contributed by atoms with Gasteiger partial charge in [-0.3, -0.25) is 0 Å². The van der Waals surface area contributed by atoms with Crippen LogP contribution in [0.5, 0.6) is 0 Å². The third-order valence-electron chi connectivity index (χ3n) is 1.81. The van der Waals surface area contributed by atoms with Crippen LogP contribution < -0.4 is 0 Å². The number of aliphatic carboxylic acids is 2. The summed E-state index contributed by atoms with van der Waals surface area (Å²) in [5, 5.41) is 17.6. The molecule has 0 aliphatic rings. The molecule has 0 amide bonds. The molecule has 0 atom stereocenters. The Hall–Kier alpha value is -1.49. The maximum atomic E-state index is 10.8. The van der Waals surface area contributed by atoms with Gasteiger partial charge in [-0.25, -0.2) is 9.59 Å². The molecule has 0 aliphatic carbocycles. The van der Waals surface area contributed by atoms with Gasteiger partial charge in [-0.2, -0.15) is 0 Å². The molecule has 14 heavy (non-hydrogen) atoms. The van der Waals surface area contributed by atoms with Crippen LogP contribution in [0.2, 0.25) is 0 Å². The number of carbonyl (C=O) groups is 2. The Labute approximate surface area is 85.6 Å². The van der Waals surface area contributed by atoms with Crippen LogP contribution in [0, 0.1) is 0 Å². The quantitative estimate of drug-likeness (QED) is 0.515. The van der Waals surface area contributed by atoms with E-state index in [1.165, 1.54) is 12.1 Å². The fourth-order valence-corrected chi connectivity index (χ4v) is 1.17. The zero-order valence-electron chi connectivity index (χ0n) is 7.04. The summed E-state index contributed by atoms with van der Waals surface area (Å²) >= 11 is 3.70. The first-order valence-electron chi connectivity index (χ1n) is 3.74. The molecular weight excluding hydrogens is 204 g/mol. The number of carboxylic acid groups (broad SMARTS) is 2. The smallest absolute Gasteiger partial charge is 0.335 e. The summed E-state index contributed by atoms with van der Waals surface area (Å²) in [7, 11) is 0. The van der Waals surface area contributed by atoms with Crippen LogP contribution in [0.4, 0.5) is 0 Å². The minimum atomic E-state index is -2.18. The van der Waals surface area contributed by atoms with Crippen molar-refractivity contribution >= 4 is 24.6 Å². The van der Waals surface area contributed by atoms with Gasteiger partial charge >= 0.3 is 11.9 Å². The fraction of sp³-hybridized carbons (Fsp3) is 0.111. The molecule has 5 heteroatoms. The first-order valence-corrected chi connectivity index (χ1v) is 4.19. The van der Waals surface area contributed by atoms with E-state index < -0.39 is 16.7 Å². The number of thiol groups is 1. The van der Waals surface area contributed by atoms with Gasteiger partial charge in [0.05, 0.1) is 0 Å². The van der Waals surface area contributed by atoms with Crippen LogP contribution in [-0.2, 0) is 14.3 Å². The van der Waals surface area contributed by atoms with Gasteiger partial charge in [-0.05, 0) is 5.56 Å². The maximum absolute atomic E-state index is 10.8. The predicted molar refractivity (Wildman–Crippen MR) is 52.4 cm³/mol. The molecule has 0 fully saturated rings. The van der Waals surface area contributed by atoms with Crippen LogP contribution in [0.15, 0.2) is 30.3 Å². The van der Waals surface area contributed by atoms with Crippen molar-refractivity contribution in [2.24, 2.45) is 0 Å². The lowest BCUT2D eigenvalue weighted by atomic mass is 9.98. The van der Waals surface area contributed by atoms with Gasteiger partial charge in [-0.15, -0.1) is 12.6 Å². The van der Waals surface area contributed by atoms with E-state index in [4.69, 9.17) is 10.2 Å². The van der Waals surface area contributed by atoms with E-state index in [-0.39, 0.29) is 5.56 Å².